The molecule has 0 fully saturated rings. The lowest BCUT2D eigenvalue weighted by Gasteiger charge is -2.29. The molecule has 0 bridgehead atoms. The number of hydrogen-bond donors (Lipinski definition) is 0. The van der Waals surface area contributed by atoms with Gasteiger partial charge in [-0.1, -0.05) is 217 Å². The van der Waals surface area contributed by atoms with Gasteiger partial charge >= 0.3 is 0 Å². The molecule has 0 spiro atoms. The highest BCUT2D eigenvalue weighted by molar-refractivity contribution is 6.17. The van der Waals surface area contributed by atoms with Gasteiger partial charge in [0.15, 0.2) is 0 Å². The maximum Gasteiger partial charge on any atom is 0.104 e. The van der Waals surface area contributed by atoms with Crippen molar-refractivity contribution >= 4 is 87.2 Å². The summed E-state index contributed by atoms with van der Waals surface area (Å²) in [6.07, 6.45) is 0. The van der Waals surface area contributed by atoms with Gasteiger partial charge in [-0.05, 0) is 129 Å². The van der Waals surface area contributed by atoms with Gasteiger partial charge in [0.05, 0.1) is 83.8 Å². The number of benzene rings is 10. The number of pyridine rings is 1. The molecular weight excluding hydrogens is 1070 g/mol. The molecular formula is C82H72N6. The van der Waals surface area contributed by atoms with Crippen LogP contribution >= 0.6 is 0 Å². The first-order valence-electron chi connectivity index (χ1n) is 31.0. The van der Waals surface area contributed by atoms with Gasteiger partial charge in [-0.15, -0.1) is 0 Å². The fourth-order valence-corrected chi connectivity index (χ4v) is 14.0. The molecule has 0 atom stereocenters. The van der Waals surface area contributed by atoms with Crippen molar-refractivity contribution in [2.75, 3.05) is 0 Å². The highest BCUT2D eigenvalue weighted by Gasteiger charge is 2.36. The molecule has 0 aliphatic carbocycles. The van der Waals surface area contributed by atoms with Gasteiger partial charge in [0, 0.05) is 48.7 Å². The Morgan fingerprint density at radius 2 is 0.591 bits per heavy atom. The van der Waals surface area contributed by atoms with E-state index >= 15 is 0 Å². The second-order valence-electron chi connectivity index (χ2n) is 28.4. The van der Waals surface area contributed by atoms with Gasteiger partial charge < -0.3 is 18.3 Å². The Morgan fingerprint density at radius 3 is 0.955 bits per heavy atom. The molecule has 0 radical (unpaired) electrons. The predicted molar refractivity (Wildman–Crippen MR) is 372 cm³/mol. The maximum atomic E-state index is 13.2. The minimum Gasteiger partial charge on any atom is -0.307 e. The number of para-hydroxylation sites is 4. The lowest BCUT2D eigenvalue weighted by Crippen LogP contribution is -2.17. The van der Waals surface area contributed by atoms with E-state index in [9.17, 15) is 5.26 Å². The van der Waals surface area contributed by atoms with E-state index in [1.54, 1.807) is 0 Å². The number of rotatable bonds is 6. The standard InChI is InChI=1S/C82H72N6/c1-79(2,3)51-37-41-70-59(45-51)55-27-16-20-33-66(55)85(70)75-63(49-83)76(86-67-34-21-17-28-56(67)60-46-52(80(4,5)6)38-42-71(60)86)78(88-69-36-23-19-30-58(69)62-48-54(82(10,11)12)40-44-73(62)88)77(74(75)65-32-24-31-64(84-65)50-25-14-13-15-26-50)87-68-35-22-18-29-57(68)61-47-53(81(7,8)9)39-43-72(61)87/h13-48H,1-12H3. The highest BCUT2D eigenvalue weighted by atomic mass is 15.1. The van der Waals surface area contributed by atoms with Crippen molar-refractivity contribution in [3.8, 4) is 51.3 Å². The zero-order valence-corrected chi connectivity index (χ0v) is 52.5. The third-order valence-corrected chi connectivity index (χ3v) is 18.6. The molecule has 0 saturated carbocycles. The Balaban J connectivity index is 1.30. The summed E-state index contributed by atoms with van der Waals surface area (Å²) in [6.45, 7) is 27.5. The van der Waals surface area contributed by atoms with Crippen LogP contribution in [-0.2, 0) is 21.7 Å². The first-order valence-corrected chi connectivity index (χ1v) is 31.0. The first-order chi connectivity index (χ1) is 42.2. The van der Waals surface area contributed by atoms with Gasteiger partial charge in [0.25, 0.3) is 0 Å². The number of nitrogens with zero attached hydrogens (tertiary/aromatic N) is 6. The number of aromatic nitrogens is 5. The van der Waals surface area contributed by atoms with E-state index in [2.05, 4.69) is 326 Å². The van der Waals surface area contributed by atoms with Crippen molar-refractivity contribution in [1.82, 2.24) is 23.3 Å². The molecule has 0 aliphatic rings. The van der Waals surface area contributed by atoms with Crippen molar-refractivity contribution < 1.29 is 0 Å². The molecule has 88 heavy (non-hydrogen) atoms. The average Bonchev–Trinajstić information content (AvgIpc) is 1.06. The van der Waals surface area contributed by atoms with Crippen LogP contribution in [0.1, 0.15) is 111 Å². The SMILES string of the molecule is CC(C)(C)c1ccc2c(c1)c1ccccc1n2-c1c(C#N)c(-n2c3ccccc3c3cc(C(C)(C)C)ccc32)c(-n2c3ccccc3c3cc(C(C)(C)C)ccc32)c(-n2c3ccccc3c3cc(C(C)(C)C)ccc32)c1-c1cccc(-c2ccccc2)n1. The maximum absolute atomic E-state index is 13.2. The number of hydrogen-bond acceptors (Lipinski definition) is 2. The average molecular weight is 1140 g/mol. The Bertz CT molecular complexity index is 5430. The summed E-state index contributed by atoms with van der Waals surface area (Å²) in [5, 5.41) is 22.2. The molecule has 430 valence electrons. The smallest absolute Gasteiger partial charge is 0.104 e. The summed E-state index contributed by atoms with van der Waals surface area (Å²) in [5.74, 6) is 0. The van der Waals surface area contributed by atoms with Crippen LogP contribution in [-0.4, -0.2) is 23.3 Å². The van der Waals surface area contributed by atoms with Gasteiger partial charge in [0.1, 0.15) is 11.6 Å². The van der Waals surface area contributed by atoms with Gasteiger partial charge in [-0.3, -0.25) is 0 Å². The predicted octanol–water partition coefficient (Wildman–Crippen LogP) is 21.9. The van der Waals surface area contributed by atoms with Crippen LogP contribution in [0.3, 0.4) is 0 Å². The molecule has 6 nitrogen and oxygen atoms in total. The fraction of sp³-hybridized carbons (Fsp3) is 0.195. The molecule has 5 heterocycles. The van der Waals surface area contributed by atoms with Crippen LogP contribution in [0.5, 0.6) is 0 Å². The molecule has 15 aromatic rings. The number of fused-ring (bicyclic) bond motifs is 12. The first kappa shape index (κ1) is 54.7. The van der Waals surface area contributed by atoms with Crippen LogP contribution in [0.2, 0.25) is 0 Å². The molecule has 0 saturated heterocycles. The fourth-order valence-electron chi connectivity index (χ4n) is 14.0. The third-order valence-electron chi connectivity index (χ3n) is 18.6. The quantitative estimate of drug-likeness (QED) is 0.167. The minimum absolute atomic E-state index is 0.132. The summed E-state index contributed by atoms with van der Waals surface area (Å²) < 4.78 is 9.90. The summed E-state index contributed by atoms with van der Waals surface area (Å²) in [5.41, 5.74) is 19.7. The summed E-state index contributed by atoms with van der Waals surface area (Å²) in [6, 6.07) is 83.6. The third kappa shape index (κ3) is 8.38. The molecule has 0 unspecified atom stereocenters. The Hall–Kier alpha value is -9.96. The topological polar surface area (TPSA) is 56.4 Å². The van der Waals surface area contributed by atoms with E-state index in [-0.39, 0.29) is 21.7 Å². The lowest BCUT2D eigenvalue weighted by atomic mass is 9.86. The van der Waals surface area contributed by atoms with Crippen LogP contribution in [0.4, 0.5) is 0 Å². The Morgan fingerprint density at radius 1 is 0.284 bits per heavy atom. The number of nitriles is 1. The largest absolute Gasteiger partial charge is 0.307 e. The van der Waals surface area contributed by atoms with Crippen molar-refractivity contribution in [1.29, 1.82) is 5.26 Å². The van der Waals surface area contributed by atoms with E-state index in [0.29, 0.717) is 5.56 Å². The van der Waals surface area contributed by atoms with Crippen molar-refractivity contribution in [3.05, 3.63) is 246 Å². The van der Waals surface area contributed by atoms with Crippen LogP contribution < -0.4 is 0 Å². The van der Waals surface area contributed by atoms with Crippen LogP contribution in [0.25, 0.3) is 132 Å². The van der Waals surface area contributed by atoms with Crippen molar-refractivity contribution in [2.45, 2.75) is 105 Å². The summed E-state index contributed by atoms with van der Waals surface area (Å²) in [4.78, 5) is 5.90. The molecule has 0 aliphatic heterocycles. The van der Waals surface area contributed by atoms with E-state index in [1.807, 2.05) is 0 Å². The minimum atomic E-state index is -0.134. The normalized spacial score (nSPS) is 12.8. The lowest BCUT2D eigenvalue weighted by molar-refractivity contribution is 0.591. The van der Waals surface area contributed by atoms with E-state index < -0.39 is 0 Å². The van der Waals surface area contributed by atoms with Gasteiger partial charge in [-0.25, -0.2) is 4.98 Å². The molecule has 15 rings (SSSR count). The zero-order valence-electron chi connectivity index (χ0n) is 52.5. The van der Waals surface area contributed by atoms with Crippen LogP contribution in [0.15, 0.2) is 218 Å². The molecule has 6 heteroatoms. The monoisotopic (exact) mass is 1140 g/mol. The Labute approximate surface area is 515 Å². The second kappa shape index (κ2) is 19.5. The Kier molecular flexibility index (Phi) is 12.1. The van der Waals surface area contributed by atoms with E-state index in [0.717, 1.165) is 132 Å². The second-order valence-corrected chi connectivity index (χ2v) is 28.4. The van der Waals surface area contributed by atoms with E-state index in [1.165, 1.54) is 22.3 Å². The van der Waals surface area contributed by atoms with Crippen LogP contribution in [0, 0.1) is 11.3 Å². The van der Waals surface area contributed by atoms with Gasteiger partial charge in [0.2, 0.25) is 0 Å². The summed E-state index contributed by atoms with van der Waals surface area (Å²) >= 11 is 0. The molecule has 0 N–H and O–H groups in total. The van der Waals surface area contributed by atoms with Crippen molar-refractivity contribution in [2.24, 2.45) is 0 Å². The van der Waals surface area contributed by atoms with E-state index in [4.69, 9.17) is 4.98 Å². The van der Waals surface area contributed by atoms with Gasteiger partial charge in [-0.2, -0.15) is 5.26 Å². The molecule has 10 aromatic carbocycles. The molecule has 5 aromatic heterocycles. The zero-order chi connectivity index (χ0) is 60.9. The highest BCUT2D eigenvalue weighted by Crippen LogP contribution is 2.53. The molecule has 0 amide bonds. The van der Waals surface area contributed by atoms with Crippen molar-refractivity contribution in [3.63, 3.8) is 0 Å². The summed E-state index contributed by atoms with van der Waals surface area (Å²) in [7, 11) is 0.